The summed E-state index contributed by atoms with van der Waals surface area (Å²) in [5.41, 5.74) is -0.0246. The lowest BCUT2D eigenvalue weighted by atomic mass is 9.98. The van der Waals surface area contributed by atoms with Crippen LogP contribution in [0.4, 0.5) is 19.3 Å². The number of aromatic nitrogens is 2. The van der Waals surface area contributed by atoms with E-state index in [0.29, 0.717) is 19.6 Å². The standard InChI is InChI=1S/C18H31F2N5O/c1-6-18(4,5)24-9-7-23(8-10-24)17(26)22-14-11-21-25(12-13(2)3)15(14)16(19)20/h11,13,16H,6-10,12H2,1-5H3,(H,22,26). The van der Waals surface area contributed by atoms with Gasteiger partial charge in [-0.3, -0.25) is 9.58 Å². The Hall–Kier alpha value is -1.70. The van der Waals surface area contributed by atoms with E-state index in [-0.39, 0.29) is 28.9 Å². The average Bonchev–Trinajstić information content (AvgIpc) is 2.96. The zero-order valence-electron chi connectivity index (χ0n) is 16.4. The average molecular weight is 371 g/mol. The third kappa shape index (κ3) is 4.72. The molecule has 1 saturated heterocycles. The Kier molecular flexibility index (Phi) is 6.60. The predicted molar refractivity (Wildman–Crippen MR) is 98.6 cm³/mol. The number of hydrogen-bond donors (Lipinski definition) is 1. The van der Waals surface area contributed by atoms with E-state index in [1.54, 1.807) is 4.90 Å². The van der Waals surface area contributed by atoms with Gasteiger partial charge in [-0.05, 0) is 26.2 Å². The molecule has 148 valence electrons. The molecule has 1 fully saturated rings. The first-order valence-corrected chi connectivity index (χ1v) is 9.30. The van der Waals surface area contributed by atoms with Gasteiger partial charge in [0.1, 0.15) is 5.69 Å². The predicted octanol–water partition coefficient (Wildman–Crippen LogP) is 3.81. The summed E-state index contributed by atoms with van der Waals surface area (Å²) in [5, 5.41) is 6.65. The summed E-state index contributed by atoms with van der Waals surface area (Å²) in [6.45, 7) is 13.5. The summed E-state index contributed by atoms with van der Waals surface area (Å²) in [7, 11) is 0. The van der Waals surface area contributed by atoms with Crippen molar-refractivity contribution in [2.24, 2.45) is 5.92 Å². The second-order valence-corrected chi connectivity index (χ2v) is 7.89. The fraction of sp³-hybridized carbons (Fsp3) is 0.778. The Morgan fingerprint density at radius 1 is 1.27 bits per heavy atom. The van der Waals surface area contributed by atoms with Crippen molar-refractivity contribution in [2.75, 3.05) is 31.5 Å². The molecule has 26 heavy (non-hydrogen) atoms. The molecule has 2 heterocycles. The molecule has 2 rings (SSSR count). The Bertz CT molecular complexity index is 607. The molecule has 8 heteroatoms. The molecule has 0 atom stereocenters. The molecular formula is C18H31F2N5O. The van der Waals surface area contributed by atoms with Crippen LogP contribution in [0.5, 0.6) is 0 Å². The number of anilines is 1. The fourth-order valence-corrected chi connectivity index (χ4v) is 3.15. The van der Waals surface area contributed by atoms with E-state index in [0.717, 1.165) is 19.5 Å². The minimum absolute atomic E-state index is 0.0990. The number of nitrogens with zero attached hydrogens (tertiary/aromatic N) is 4. The number of nitrogens with one attached hydrogen (secondary N) is 1. The number of alkyl halides is 2. The maximum Gasteiger partial charge on any atom is 0.322 e. The van der Waals surface area contributed by atoms with Crippen LogP contribution in [0.15, 0.2) is 6.20 Å². The van der Waals surface area contributed by atoms with E-state index in [1.807, 2.05) is 13.8 Å². The molecule has 1 aliphatic heterocycles. The van der Waals surface area contributed by atoms with Gasteiger partial charge in [0.05, 0.1) is 11.9 Å². The van der Waals surface area contributed by atoms with Crippen molar-refractivity contribution in [1.82, 2.24) is 19.6 Å². The van der Waals surface area contributed by atoms with Crippen LogP contribution in [0.3, 0.4) is 0 Å². The zero-order valence-corrected chi connectivity index (χ0v) is 16.4. The summed E-state index contributed by atoms with van der Waals surface area (Å²) in [5.74, 6) is 0.186. The molecule has 6 nitrogen and oxygen atoms in total. The number of rotatable bonds is 6. The first-order chi connectivity index (χ1) is 12.2. The van der Waals surface area contributed by atoms with Crippen molar-refractivity contribution in [2.45, 2.75) is 59.5 Å². The minimum Gasteiger partial charge on any atom is -0.322 e. The van der Waals surface area contributed by atoms with Crippen molar-refractivity contribution in [3.63, 3.8) is 0 Å². The fourth-order valence-electron chi connectivity index (χ4n) is 3.15. The van der Waals surface area contributed by atoms with Crippen LogP contribution in [0.2, 0.25) is 0 Å². The monoisotopic (exact) mass is 371 g/mol. The van der Waals surface area contributed by atoms with Gasteiger partial charge >= 0.3 is 6.03 Å². The molecule has 0 bridgehead atoms. The lowest BCUT2D eigenvalue weighted by Crippen LogP contribution is -2.56. The van der Waals surface area contributed by atoms with E-state index < -0.39 is 6.43 Å². The molecule has 1 aromatic rings. The second-order valence-electron chi connectivity index (χ2n) is 7.89. The third-order valence-electron chi connectivity index (χ3n) is 5.15. The van der Waals surface area contributed by atoms with Crippen LogP contribution in [0.1, 0.15) is 53.2 Å². The molecule has 1 N–H and O–H groups in total. The Labute approximate surface area is 154 Å². The highest BCUT2D eigenvalue weighted by Gasteiger charge is 2.30. The third-order valence-corrected chi connectivity index (χ3v) is 5.15. The number of piperazine rings is 1. The quantitative estimate of drug-likeness (QED) is 0.827. The first kappa shape index (κ1) is 20.6. The zero-order chi connectivity index (χ0) is 19.5. The largest absolute Gasteiger partial charge is 0.322 e. The summed E-state index contributed by atoms with van der Waals surface area (Å²) in [6.07, 6.45) is -0.335. The normalized spacial score (nSPS) is 16.6. The van der Waals surface area contributed by atoms with Crippen LogP contribution in [0.25, 0.3) is 0 Å². The number of halogens is 2. The van der Waals surface area contributed by atoms with Gasteiger partial charge in [0.25, 0.3) is 6.43 Å². The van der Waals surface area contributed by atoms with Gasteiger partial charge in [-0.25, -0.2) is 13.6 Å². The molecule has 0 radical (unpaired) electrons. The minimum atomic E-state index is -2.69. The molecule has 0 spiro atoms. The number of carbonyl (C=O) groups excluding carboxylic acids is 1. The summed E-state index contributed by atoms with van der Waals surface area (Å²) in [4.78, 5) is 16.6. The number of carbonyl (C=O) groups is 1. The second kappa shape index (κ2) is 8.33. The molecule has 0 aromatic carbocycles. The van der Waals surface area contributed by atoms with E-state index in [2.05, 4.69) is 36.1 Å². The summed E-state index contributed by atoms with van der Waals surface area (Å²) < 4.78 is 28.2. The van der Waals surface area contributed by atoms with Gasteiger partial charge in [0.15, 0.2) is 0 Å². The van der Waals surface area contributed by atoms with E-state index in [9.17, 15) is 13.6 Å². The molecule has 1 aliphatic rings. The number of amides is 2. The molecule has 0 aliphatic carbocycles. The van der Waals surface area contributed by atoms with Gasteiger partial charge in [0.2, 0.25) is 0 Å². The van der Waals surface area contributed by atoms with Crippen molar-refractivity contribution >= 4 is 11.7 Å². The van der Waals surface area contributed by atoms with Crippen molar-refractivity contribution < 1.29 is 13.6 Å². The number of urea groups is 1. The van der Waals surface area contributed by atoms with Gasteiger partial charge < -0.3 is 10.2 Å². The van der Waals surface area contributed by atoms with Crippen molar-refractivity contribution in [3.05, 3.63) is 11.9 Å². The lowest BCUT2D eigenvalue weighted by Gasteiger charge is -2.43. The highest BCUT2D eigenvalue weighted by Crippen LogP contribution is 2.28. The highest BCUT2D eigenvalue weighted by molar-refractivity contribution is 5.90. The Morgan fingerprint density at radius 2 is 1.88 bits per heavy atom. The van der Waals surface area contributed by atoms with E-state index in [4.69, 9.17) is 0 Å². The molecule has 0 unspecified atom stereocenters. The van der Waals surface area contributed by atoms with Gasteiger partial charge in [-0.2, -0.15) is 5.10 Å². The van der Waals surface area contributed by atoms with Crippen LogP contribution >= 0.6 is 0 Å². The van der Waals surface area contributed by atoms with Gasteiger partial charge in [0, 0.05) is 38.3 Å². The molecule has 0 saturated carbocycles. The van der Waals surface area contributed by atoms with Crippen molar-refractivity contribution in [1.29, 1.82) is 0 Å². The van der Waals surface area contributed by atoms with Crippen molar-refractivity contribution in [3.8, 4) is 0 Å². The number of hydrogen-bond acceptors (Lipinski definition) is 3. The van der Waals surface area contributed by atoms with Crippen LogP contribution < -0.4 is 5.32 Å². The van der Waals surface area contributed by atoms with E-state index in [1.165, 1.54) is 10.9 Å². The maximum absolute atomic E-state index is 13.5. The summed E-state index contributed by atoms with van der Waals surface area (Å²) >= 11 is 0. The van der Waals surface area contributed by atoms with Gasteiger partial charge in [-0.15, -0.1) is 0 Å². The van der Waals surface area contributed by atoms with Crippen LogP contribution in [0, 0.1) is 5.92 Å². The molecule has 1 aromatic heterocycles. The smallest absolute Gasteiger partial charge is 0.322 e. The van der Waals surface area contributed by atoms with Crippen LogP contribution in [-0.4, -0.2) is 57.3 Å². The van der Waals surface area contributed by atoms with Gasteiger partial charge in [-0.1, -0.05) is 20.8 Å². The first-order valence-electron chi connectivity index (χ1n) is 9.30. The topological polar surface area (TPSA) is 53.4 Å². The molecular weight excluding hydrogens is 340 g/mol. The maximum atomic E-state index is 13.5. The van der Waals surface area contributed by atoms with Crippen LogP contribution in [-0.2, 0) is 6.54 Å². The summed E-state index contributed by atoms with van der Waals surface area (Å²) in [6, 6.07) is -0.343. The SMILES string of the molecule is CCC(C)(C)N1CCN(C(=O)Nc2cnn(CC(C)C)c2C(F)F)CC1. The Morgan fingerprint density at radius 3 is 2.38 bits per heavy atom. The molecule has 2 amide bonds. The lowest BCUT2D eigenvalue weighted by molar-refractivity contribution is 0.0640. The van der Waals surface area contributed by atoms with E-state index >= 15 is 0 Å². The highest BCUT2D eigenvalue weighted by atomic mass is 19.3. The Balaban J connectivity index is 2.02.